The standard InChI is InChI=1S/C12H17ClN2O2S/c1-8(14)6-18-7-12(16)15-10-5-9(13)3-4-11(10)17-2/h3-5,8H,6-7,14H2,1-2H3,(H,15,16). The average Bonchev–Trinajstić information content (AvgIpc) is 2.28. The lowest BCUT2D eigenvalue weighted by Crippen LogP contribution is -2.20. The summed E-state index contributed by atoms with van der Waals surface area (Å²) >= 11 is 7.37. The highest BCUT2D eigenvalue weighted by molar-refractivity contribution is 8.00. The van der Waals surface area contributed by atoms with Gasteiger partial charge in [-0.2, -0.15) is 11.8 Å². The van der Waals surface area contributed by atoms with E-state index in [9.17, 15) is 4.79 Å². The van der Waals surface area contributed by atoms with Crippen LogP contribution in [0.1, 0.15) is 6.92 Å². The zero-order chi connectivity index (χ0) is 13.5. The Labute approximate surface area is 116 Å². The molecule has 0 heterocycles. The fourth-order valence-electron chi connectivity index (χ4n) is 1.30. The van der Waals surface area contributed by atoms with Crippen molar-refractivity contribution in [2.75, 3.05) is 23.9 Å². The van der Waals surface area contributed by atoms with Gasteiger partial charge in [0.25, 0.3) is 0 Å². The van der Waals surface area contributed by atoms with Crippen LogP contribution < -0.4 is 15.8 Å². The average molecular weight is 289 g/mol. The Morgan fingerprint density at radius 1 is 1.61 bits per heavy atom. The van der Waals surface area contributed by atoms with E-state index < -0.39 is 0 Å². The number of amides is 1. The van der Waals surface area contributed by atoms with Gasteiger partial charge in [-0.05, 0) is 25.1 Å². The monoisotopic (exact) mass is 288 g/mol. The molecule has 0 aromatic heterocycles. The first-order chi connectivity index (χ1) is 8.52. The molecular weight excluding hydrogens is 272 g/mol. The Balaban J connectivity index is 2.55. The fraction of sp³-hybridized carbons (Fsp3) is 0.417. The smallest absolute Gasteiger partial charge is 0.234 e. The second-order valence-corrected chi connectivity index (χ2v) is 5.35. The molecule has 1 aromatic rings. The number of anilines is 1. The minimum atomic E-state index is -0.0961. The molecule has 0 aliphatic carbocycles. The van der Waals surface area contributed by atoms with Crippen molar-refractivity contribution in [2.45, 2.75) is 13.0 Å². The predicted octanol–water partition coefficient (Wildman–Crippen LogP) is 2.37. The summed E-state index contributed by atoms with van der Waals surface area (Å²) in [4.78, 5) is 11.7. The van der Waals surface area contributed by atoms with Crippen molar-refractivity contribution in [1.82, 2.24) is 0 Å². The number of halogens is 1. The summed E-state index contributed by atoms with van der Waals surface area (Å²) in [5.74, 6) is 1.60. The molecule has 0 radical (unpaired) electrons. The molecule has 3 N–H and O–H groups in total. The van der Waals surface area contributed by atoms with E-state index in [1.807, 2.05) is 6.92 Å². The molecule has 0 spiro atoms. The normalized spacial score (nSPS) is 12.0. The van der Waals surface area contributed by atoms with Gasteiger partial charge in [-0.3, -0.25) is 4.79 Å². The van der Waals surface area contributed by atoms with Gasteiger partial charge in [-0.25, -0.2) is 0 Å². The molecule has 4 nitrogen and oxygen atoms in total. The summed E-state index contributed by atoms with van der Waals surface area (Å²) in [6.45, 7) is 1.91. The Bertz CT molecular complexity index is 413. The van der Waals surface area contributed by atoms with Crippen LogP contribution in [0.5, 0.6) is 5.75 Å². The molecule has 18 heavy (non-hydrogen) atoms. The number of ether oxygens (including phenoxy) is 1. The van der Waals surface area contributed by atoms with Gasteiger partial charge in [0.05, 0.1) is 18.6 Å². The first-order valence-electron chi connectivity index (χ1n) is 5.49. The van der Waals surface area contributed by atoms with Crippen molar-refractivity contribution in [3.8, 4) is 5.75 Å². The zero-order valence-electron chi connectivity index (χ0n) is 10.4. The molecule has 1 rings (SSSR count). The number of carbonyl (C=O) groups excluding carboxylic acids is 1. The maximum Gasteiger partial charge on any atom is 0.234 e. The molecule has 0 aliphatic heterocycles. The van der Waals surface area contributed by atoms with E-state index in [0.29, 0.717) is 22.2 Å². The summed E-state index contributed by atoms with van der Waals surface area (Å²) in [5.41, 5.74) is 6.19. The Morgan fingerprint density at radius 2 is 2.33 bits per heavy atom. The molecule has 0 aliphatic rings. The zero-order valence-corrected chi connectivity index (χ0v) is 12.0. The van der Waals surface area contributed by atoms with E-state index in [1.54, 1.807) is 25.3 Å². The highest BCUT2D eigenvalue weighted by atomic mass is 35.5. The third-order valence-corrected chi connectivity index (χ3v) is 3.51. The second kappa shape index (κ2) is 7.51. The molecular formula is C12H17ClN2O2S. The Hall–Kier alpha value is -0.910. The summed E-state index contributed by atoms with van der Waals surface area (Å²) in [6, 6.07) is 5.17. The SMILES string of the molecule is COc1ccc(Cl)cc1NC(=O)CSCC(C)N. The minimum absolute atomic E-state index is 0.0866. The summed E-state index contributed by atoms with van der Waals surface area (Å²) < 4.78 is 5.14. The quantitative estimate of drug-likeness (QED) is 0.843. The van der Waals surface area contributed by atoms with Gasteiger partial charge >= 0.3 is 0 Å². The van der Waals surface area contributed by atoms with Crippen LogP contribution in [0, 0.1) is 0 Å². The number of rotatable bonds is 6. The number of nitrogens with one attached hydrogen (secondary N) is 1. The minimum Gasteiger partial charge on any atom is -0.495 e. The van der Waals surface area contributed by atoms with Crippen molar-refractivity contribution in [1.29, 1.82) is 0 Å². The lowest BCUT2D eigenvalue weighted by Gasteiger charge is -2.10. The highest BCUT2D eigenvalue weighted by Crippen LogP contribution is 2.27. The number of hydrogen-bond donors (Lipinski definition) is 2. The largest absolute Gasteiger partial charge is 0.495 e. The number of nitrogens with two attached hydrogens (primary N) is 1. The van der Waals surface area contributed by atoms with Crippen LogP contribution in [0.15, 0.2) is 18.2 Å². The van der Waals surface area contributed by atoms with E-state index in [-0.39, 0.29) is 11.9 Å². The molecule has 100 valence electrons. The van der Waals surface area contributed by atoms with Crippen LogP contribution in [0.2, 0.25) is 5.02 Å². The van der Waals surface area contributed by atoms with Crippen LogP contribution in [0.4, 0.5) is 5.69 Å². The summed E-state index contributed by atoms with van der Waals surface area (Å²) in [6.07, 6.45) is 0. The molecule has 0 bridgehead atoms. The molecule has 0 fully saturated rings. The molecule has 6 heteroatoms. The van der Waals surface area contributed by atoms with Gasteiger partial charge in [0, 0.05) is 16.8 Å². The van der Waals surface area contributed by atoms with Gasteiger partial charge in [0.15, 0.2) is 0 Å². The Kier molecular flexibility index (Phi) is 6.32. The van der Waals surface area contributed by atoms with Crippen LogP contribution in [-0.4, -0.2) is 30.6 Å². The molecule has 0 saturated heterocycles. The topological polar surface area (TPSA) is 64.3 Å². The van der Waals surface area contributed by atoms with E-state index in [2.05, 4.69) is 5.32 Å². The highest BCUT2D eigenvalue weighted by Gasteiger charge is 2.08. The van der Waals surface area contributed by atoms with Gasteiger partial charge < -0.3 is 15.8 Å². The molecule has 1 atom stereocenters. The fourth-order valence-corrected chi connectivity index (χ4v) is 2.22. The molecule has 1 aromatic carbocycles. The van der Waals surface area contributed by atoms with E-state index in [0.717, 1.165) is 5.75 Å². The number of benzene rings is 1. The van der Waals surface area contributed by atoms with Gasteiger partial charge in [-0.1, -0.05) is 11.6 Å². The number of carbonyl (C=O) groups is 1. The van der Waals surface area contributed by atoms with Crippen LogP contribution in [-0.2, 0) is 4.79 Å². The molecule has 1 amide bonds. The summed E-state index contributed by atoms with van der Waals surface area (Å²) in [5, 5.41) is 3.32. The van der Waals surface area contributed by atoms with Crippen LogP contribution >= 0.6 is 23.4 Å². The first kappa shape index (κ1) is 15.1. The van der Waals surface area contributed by atoms with E-state index >= 15 is 0 Å². The van der Waals surface area contributed by atoms with Gasteiger partial charge in [0.1, 0.15) is 5.75 Å². The third kappa shape index (κ3) is 5.16. The lowest BCUT2D eigenvalue weighted by molar-refractivity contribution is -0.113. The maximum absolute atomic E-state index is 11.7. The van der Waals surface area contributed by atoms with E-state index in [1.165, 1.54) is 11.8 Å². The number of hydrogen-bond acceptors (Lipinski definition) is 4. The van der Waals surface area contributed by atoms with E-state index in [4.69, 9.17) is 22.1 Å². The molecule has 0 saturated carbocycles. The summed E-state index contributed by atoms with van der Waals surface area (Å²) in [7, 11) is 1.55. The van der Waals surface area contributed by atoms with Crippen LogP contribution in [0.25, 0.3) is 0 Å². The number of thioether (sulfide) groups is 1. The lowest BCUT2D eigenvalue weighted by atomic mass is 10.3. The van der Waals surface area contributed by atoms with Crippen molar-refractivity contribution in [2.24, 2.45) is 5.73 Å². The van der Waals surface area contributed by atoms with Crippen molar-refractivity contribution < 1.29 is 9.53 Å². The predicted molar refractivity (Wildman–Crippen MR) is 77.6 cm³/mol. The Morgan fingerprint density at radius 3 is 2.94 bits per heavy atom. The van der Waals surface area contributed by atoms with Crippen molar-refractivity contribution in [3.63, 3.8) is 0 Å². The third-order valence-electron chi connectivity index (χ3n) is 2.05. The van der Waals surface area contributed by atoms with Crippen molar-refractivity contribution >= 4 is 35.0 Å². The second-order valence-electron chi connectivity index (χ2n) is 3.89. The van der Waals surface area contributed by atoms with Crippen molar-refractivity contribution in [3.05, 3.63) is 23.2 Å². The van der Waals surface area contributed by atoms with Gasteiger partial charge in [0.2, 0.25) is 5.91 Å². The van der Waals surface area contributed by atoms with Gasteiger partial charge in [-0.15, -0.1) is 0 Å². The van der Waals surface area contributed by atoms with Crippen LogP contribution in [0.3, 0.4) is 0 Å². The number of methoxy groups -OCH3 is 1. The maximum atomic E-state index is 11.7. The first-order valence-corrected chi connectivity index (χ1v) is 7.03. The molecule has 1 unspecified atom stereocenters.